The van der Waals surface area contributed by atoms with Crippen LogP contribution in [0.4, 0.5) is 0 Å². The van der Waals surface area contributed by atoms with Crippen molar-refractivity contribution in [2.45, 2.75) is 26.2 Å². The Morgan fingerprint density at radius 1 is 0.923 bits per heavy atom. The normalized spacial score (nSPS) is 11.7. The number of fused-ring (bicyclic) bond motifs is 1. The topological polar surface area (TPSA) is 12.0 Å². The molecule has 0 fully saturated rings. The van der Waals surface area contributed by atoms with Gasteiger partial charge in [-0.3, -0.25) is 4.72 Å². The van der Waals surface area contributed by atoms with Gasteiger partial charge in [-0.05, 0) is 52.5 Å². The van der Waals surface area contributed by atoms with Gasteiger partial charge < -0.3 is 0 Å². The third-order valence-corrected chi connectivity index (χ3v) is 5.22. The van der Waals surface area contributed by atoms with Gasteiger partial charge in [0, 0.05) is 24.1 Å². The van der Waals surface area contributed by atoms with Crippen LogP contribution < -0.4 is 4.72 Å². The van der Waals surface area contributed by atoms with E-state index in [1.807, 2.05) is 0 Å². The predicted octanol–water partition coefficient (Wildman–Crippen LogP) is 6.05. The molecule has 0 aromatic heterocycles. The average Bonchev–Trinajstić information content (AvgIpc) is 2.70. The number of rotatable bonds is 7. The zero-order valence-electron chi connectivity index (χ0n) is 15.2. The molecular weight excluding hydrogens is 334 g/mol. The molecule has 0 spiro atoms. The van der Waals surface area contributed by atoms with Crippen LogP contribution in [-0.2, 0) is 6.42 Å². The molecule has 1 N–H and O–H groups in total. The van der Waals surface area contributed by atoms with Crippen molar-refractivity contribution in [1.29, 1.82) is 0 Å². The lowest BCUT2D eigenvalue weighted by atomic mass is 9.94. The Kier molecular flexibility index (Phi) is 7.19. The molecule has 1 atom stereocenters. The van der Waals surface area contributed by atoms with Gasteiger partial charge in [0.2, 0.25) is 0 Å². The zero-order valence-corrected chi connectivity index (χ0v) is 16.1. The molecular formula is C24H25NS. The van der Waals surface area contributed by atoms with Gasteiger partial charge in [0.05, 0.1) is 0 Å². The van der Waals surface area contributed by atoms with Crippen LogP contribution in [0.3, 0.4) is 0 Å². The molecule has 0 aliphatic rings. The molecule has 3 aromatic rings. The highest BCUT2D eigenvalue weighted by atomic mass is 32.2. The quantitative estimate of drug-likeness (QED) is 0.313. The smallest absolute Gasteiger partial charge is 0.0261 e. The van der Waals surface area contributed by atoms with Gasteiger partial charge in [0.1, 0.15) is 0 Å². The molecule has 26 heavy (non-hydrogen) atoms. The lowest BCUT2D eigenvalue weighted by molar-refractivity contribution is 0.469. The van der Waals surface area contributed by atoms with E-state index in [1.54, 1.807) is 0 Å². The lowest BCUT2D eigenvalue weighted by Gasteiger charge is -2.14. The first-order valence-electron chi connectivity index (χ1n) is 9.27. The Labute approximate surface area is 161 Å². The third kappa shape index (κ3) is 5.66. The molecule has 0 amide bonds. The van der Waals surface area contributed by atoms with E-state index >= 15 is 0 Å². The van der Waals surface area contributed by atoms with Crippen molar-refractivity contribution < 1.29 is 0 Å². The fourth-order valence-corrected chi connectivity index (χ4v) is 3.56. The van der Waals surface area contributed by atoms with Crippen molar-refractivity contribution in [3.63, 3.8) is 0 Å². The van der Waals surface area contributed by atoms with Gasteiger partial charge in [0.25, 0.3) is 0 Å². The van der Waals surface area contributed by atoms with Crippen LogP contribution >= 0.6 is 11.9 Å². The van der Waals surface area contributed by atoms with Crippen LogP contribution in [0.15, 0.2) is 72.8 Å². The van der Waals surface area contributed by atoms with Crippen molar-refractivity contribution in [1.82, 2.24) is 4.72 Å². The summed E-state index contributed by atoms with van der Waals surface area (Å²) in [6.45, 7) is 3.27. The minimum atomic E-state index is 0.721. The SMILES string of the molecule is CCC(CCNSC#Cc1ccc2ccccc2c1)Cc1ccccc1. The lowest BCUT2D eigenvalue weighted by Crippen LogP contribution is -2.12. The van der Waals surface area contributed by atoms with E-state index in [0.717, 1.165) is 24.4 Å². The molecule has 132 valence electrons. The van der Waals surface area contributed by atoms with Crippen LogP contribution in [0.2, 0.25) is 0 Å². The van der Waals surface area contributed by atoms with Crippen LogP contribution in [0.25, 0.3) is 10.8 Å². The summed E-state index contributed by atoms with van der Waals surface area (Å²) in [4.78, 5) is 0. The van der Waals surface area contributed by atoms with Crippen molar-refractivity contribution in [2.24, 2.45) is 5.92 Å². The van der Waals surface area contributed by atoms with Gasteiger partial charge in [0.15, 0.2) is 0 Å². The number of benzene rings is 3. The van der Waals surface area contributed by atoms with Crippen molar-refractivity contribution in [3.8, 4) is 11.2 Å². The fraction of sp³-hybridized carbons (Fsp3) is 0.250. The summed E-state index contributed by atoms with van der Waals surface area (Å²) < 4.78 is 3.39. The molecule has 0 saturated heterocycles. The van der Waals surface area contributed by atoms with E-state index in [-0.39, 0.29) is 0 Å². The van der Waals surface area contributed by atoms with Gasteiger partial charge in [-0.1, -0.05) is 79.9 Å². The molecule has 0 aliphatic heterocycles. The van der Waals surface area contributed by atoms with Crippen molar-refractivity contribution in [2.75, 3.05) is 6.54 Å². The second kappa shape index (κ2) is 10.1. The summed E-state index contributed by atoms with van der Waals surface area (Å²) >= 11 is 1.50. The van der Waals surface area contributed by atoms with E-state index < -0.39 is 0 Å². The molecule has 1 unspecified atom stereocenters. The molecule has 1 nitrogen and oxygen atoms in total. The fourth-order valence-electron chi connectivity index (χ4n) is 3.10. The molecule has 0 bridgehead atoms. The molecule has 2 heteroatoms. The molecule has 3 rings (SSSR count). The maximum absolute atomic E-state index is 3.39. The van der Waals surface area contributed by atoms with Crippen LogP contribution in [0.5, 0.6) is 0 Å². The number of hydrogen-bond acceptors (Lipinski definition) is 2. The Morgan fingerprint density at radius 2 is 1.69 bits per heavy atom. The minimum absolute atomic E-state index is 0.721. The Morgan fingerprint density at radius 3 is 2.50 bits per heavy atom. The third-order valence-electron chi connectivity index (χ3n) is 4.67. The Bertz CT molecular complexity index is 877. The van der Waals surface area contributed by atoms with E-state index in [0.29, 0.717) is 0 Å². The summed E-state index contributed by atoms with van der Waals surface area (Å²) in [5, 5.41) is 5.66. The molecule has 0 saturated carbocycles. The molecule has 0 radical (unpaired) electrons. The number of nitrogens with one attached hydrogen (secondary N) is 1. The largest absolute Gasteiger partial charge is 0.253 e. The molecule has 0 aliphatic carbocycles. The monoisotopic (exact) mass is 359 g/mol. The maximum atomic E-state index is 3.39. The number of hydrogen-bond donors (Lipinski definition) is 1. The average molecular weight is 360 g/mol. The maximum Gasteiger partial charge on any atom is 0.0261 e. The van der Waals surface area contributed by atoms with E-state index in [4.69, 9.17) is 0 Å². The highest BCUT2D eigenvalue weighted by Crippen LogP contribution is 2.16. The summed E-state index contributed by atoms with van der Waals surface area (Å²) in [5.41, 5.74) is 2.50. The highest BCUT2D eigenvalue weighted by Gasteiger charge is 2.06. The summed E-state index contributed by atoms with van der Waals surface area (Å²) in [6.07, 6.45) is 3.55. The first-order valence-corrected chi connectivity index (χ1v) is 10.1. The van der Waals surface area contributed by atoms with Crippen LogP contribution in [-0.4, -0.2) is 6.54 Å². The van der Waals surface area contributed by atoms with Crippen molar-refractivity contribution >= 4 is 22.7 Å². The van der Waals surface area contributed by atoms with E-state index in [1.165, 1.54) is 41.1 Å². The van der Waals surface area contributed by atoms with Crippen molar-refractivity contribution in [3.05, 3.63) is 83.9 Å². The predicted molar refractivity (Wildman–Crippen MR) is 115 cm³/mol. The summed E-state index contributed by atoms with van der Waals surface area (Å²) in [7, 11) is 0. The van der Waals surface area contributed by atoms with Crippen LogP contribution in [0.1, 0.15) is 30.9 Å². The summed E-state index contributed by atoms with van der Waals surface area (Å²) in [5.74, 6) is 3.95. The molecule has 3 aromatic carbocycles. The first kappa shape index (κ1) is 18.6. The summed E-state index contributed by atoms with van der Waals surface area (Å²) in [6, 6.07) is 25.5. The van der Waals surface area contributed by atoms with Gasteiger partial charge in [-0.25, -0.2) is 0 Å². The minimum Gasteiger partial charge on any atom is -0.253 e. The second-order valence-electron chi connectivity index (χ2n) is 6.54. The van der Waals surface area contributed by atoms with Gasteiger partial charge in [-0.15, -0.1) is 0 Å². The second-order valence-corrected chi connectivity index (χ2v) is 7.23. The van der Waals surface area contributed by atoms with Gasteiger partial charge in [-0.2, -0.15) is 0 Å². The molecule has 0 heterocycles. The Hall–Kier alpha value is -2.21. The van der Waals surface area contributed by atoms with E-state index in [2.05, 4.69) is 95.6 Å². The highest BCUT2D eigenvalue weighted by molar-refractivity contribution is 8.02. The Balaban J connectivity index is 1.42. The van der Waals surface area contributed by atoms with Crippen LogP contribution in [0, 0.1) is 17.1 Å². The van der Waals surface area contributed by atoms with E-state index in [9.17, 15) is 0 Å². The zero-order chi connectivity index (χ0) is 18.0. The van der Waals surface area contributed by atoms with Gasteiger partial charge >= 0.3 is 0 Å². The first-order chi connectivity index (χ1) is 12.8. The standard InChI is InChI=1S/C24H25NS/c1-2-20(18-21-8-4-3-5-9-21)14-16-25-26-17-15-22-12-13-23-10-6-7-11-24(23)19-22/h3-13,19-20,25H,2,14,16,18H2,1H3.